The van der Waals surface area contributed by atoms with Crippen molar-refractivity contribution in [1.82, 2.24) is 14.4 Å². The normalized spacial score (nSPS) is 10.9. The summed E-state index contributed by atoms with van der Waals surface area (Å²) < 4.78 is 1.51. The molecule has 0 aliphatic heterocycles. The number of anilines is 1. The second kappa shape index (κ2) is 8.56. The molecule has 1 amide bonds. The van der Waals surface area contributed by atoms with Gasteiger partial charge in [0, 0.05) is 17.8 Å². The first kappa shape index (κ1) is 19.8. The van der Waals surface area contributed by atoms with Crippen molar-refractivity contribution in [3.8, 4) is 11.3 Å². The second-order valence-corrected chi connectivity index (χ2v) is 7.98. The first-order chi connectivity index (χ1) is 15.7. The van der Waals surface area contributed by atoms with Gasteiger partial charge in [0.1, 0.15) is 11.4 Å². The number of rotatable bonds is 5. The quantitative estimate of drug-likeness (QED) is 0.400. The van der Waals surface area contributed by atoms with Gasteiger partial charge in [-0.25, -0.2) is 9.97 Å². The molecule has 3 heterocycles. The smallest absolute Gasteiger partial charge is 0.271 e. The van der Waals surface area contributed by atoms with Crippen LogP contribution in [0.5, 0.6) is 0 Å². The van der Waals surface area contributed by atoms with Crippen LogP contribution in [0.15, 0.2) is 101 Å². The summed E-state index contributed by atoms with van der Waals surface area (Å²) in [6, 6.07) is 24.6. The average molecular weight is 439 g/mol. The summed E-state index contributed by atoms with van der Waals surface area (Å²) in [5, 5.41) is 1.88. The summed E-state index contributed by atoms with van der Waals surface area (Å²) in [7, 11) is 0. The molecule has 5 aromatic rings. The van der Waals surface area contributed by atoms with Crippen molar-refractivity contribution in [1.29, 1.82) is 0 Å². The van der Waals surface area contributed by atoms with Gasteiger partial charge in [0.2, 0.25) is 0 Å². The molecule has 0 fully saturated rings. The van der Waals surface area contributed by atoms with E-state index in [9.17, 15) is 9.59 Å². The Morgan fingerprint density at radius 1 is 0.906 bits per heavy atom. The molecular weight excluding hydrogens is 420 g/mol. The monoisotopic (exact) mass is 438 g/mol. The highest BCUT2D eigenvalue weighted by atomic mass is 32.1. The fourth-order valence-corrected chi connectivity index (χ4v) is 4.39. The number of hydrogen-bond donors (Lipinski definition) is 0. The number of nitrogens with zero attached hydrogens (tertiary/aromatic N) is 4. The van der Waals surface area contributed by atoms with E-state index < -0.39 is 11.5 Å². The maximum atomic E-state index is 13.6. The number of pyridine rings is 1. The summed E-state index contributed by atoms with van der Waals surface area (Å²) >= 11 is 1.37. The summed E-state index contributed by atoms with van der Waals surface area (Å²) in [5.41, 5.74) is 2.14. The van der Waals surface area contributed by atoms with Gasteiger partial charge in [-0.2, -0.15) is 0 Å². The zero-order chi connectivity index (χ0) is 21.9. The van der Waals surface area contributed by atoms with E-state index in [0.717, 1.165) is 11.1 Å². The maximum Gasteiger partial charge on any atom is 0.271 e. The van der Waals surface area contributed by atoms with E-state index in [2.05, 4.69) is 9.97 Å². The minimum Gasteiger partial charge on any atom is -0.288 e. The Morgan fingerprint density at radius 3 is 2.34 bits per heavy atom. The van der Waals surface area contributed by atoms with Crippen molar-refractivity contribution in [2.45, 2.75) is 6.54 Å². The molecule has 0 bridgehead atoms. The first-order valence-electron chi connectivity index (χ1n) is 10.0. The summed E-state index contributed by atoms with van der Waals surface area (Å²) in [4.78, 5) is 37.9. The third-order valence-corrected chi connectivity index (χ3v) is 5.94. The Labute approximate surface area is 188 Å². The van der Waals surface area contributed by atoms with Crippen LogP contribution in [0.25, 0.3) is 16.2 Å². The Morgan fingerprint density at radius 2 is 1.62 bits per heavy atom. The van der Waals surface area contributed by atoms with Gasteiger partial charge in [-0.05, 0) is 23.3 Å². The predicted molar refractivity (Wildman–Crippen MR) is 126 cm³/mol. The van der Waals surface area contributed by atoms with E-state index >= 15 is 0 Å². The van der Waals surface area contributed by atoms with Crippen LogP contribution in [0.2, 0.25) is 0 Å². The van der Waals surface area contributed by atoms with Crippen LogP contribution in [0.4, 0.5) is 5.82 Å². The Kier molecular flexibility index (Phi) is 5.31. The summed E-state index contributed by atoms with van der Waals surface area (Å²) in [6.07, 6.45) is 2.99. The molecule has 0 unspecified atom stereocenters. The van der Waals surface area contributed by atoms with E-state index in [1.54, 1.807) is 18.3 Å². The Bertz CT molecular complexity index is 1430. The molecule has 2 aromatic carbocycles. The van der Waals surface area contributed by atoms with Crippen LogP contribution in [0, 0.1) is 0 Å². The number of carbonyl (C=O) groups is 1. The molecule has 0 atom stereocenters. The van der Waals surface area contributed by atoms with Crippen molar-refractivity contribution < 1.29 is 4.79 Å². The first-order valence-corrected chi connectivity index (χ1v) is 10.9. The van der Waals surface area contributed by atoms with Crippen molar-refractivity contribution in [3.63, 3.8) is 0 Å². The molecule has 0 N–H and O–H groups in total. The zero-order valence-electron chi connectivity index (χ0n) is 17.0. The molecule has 5 rings (SSSR count). The molecule has 0 spiro atoms. The lowest BCUT2D eigenvalue weighted by molar-refractivity contribution is 0.0982. The number of fused-ring (bicyclic) bond motifs is 1. The van der Waals surface area contributed by atoms with E-state index in [-0.39, 0.29) is 12.1 Å². The summed E-state index contributed by atoms with van der Waals surface area (Å²) in [5.74, 6) is 0.0316. The van der Waals surface area contributed by atoms with Crippen molar-refractivity contribution in [2.75, 3.05) is 4.90 Å². The van der Waals surface area contributed by atoms with Crippen LogP contribution in [-0.4, -0.2) is 20.3 Å². The number of hydrogen-bond acceptors (Lipinski definition) is 5. The van der Waals surface area contributed by atoms with E-state index in [4.69, 9.17) is 0 Å². The molecule has 6 nitrogen and oxygen atoms in total. The van der Waals surface area contributed by atoms with Crippen molar-refractivity contribution >= 4 is 28.0 Å². The Balaban J connectivity index is 1.62. The Hall–Kier alpha value is -4.10. The van der Waals surface area contributed by atoms with Crippen molar-refractivity contribution in [3.05, 3.63) is 118 Å². The highest BCUT2D eigenvalue weighted by Gasteiger charge is 2.24. The van der Waals surface area contributed by atoms with E-state index in [1.165, 1.54) is 26.8 Å². The molecule has 0 aliphatic carbocycles. The fourth-order valence-electron chi connectivity index (χ4n) is 3.53. The fraction of sp³-hybridized carbons (Fsp3) is 0.0400. The van der Waals surface area contributed by atoms with Gasteiger partial charge in [0.05, 0.1) is 12.2 Å². The third-order valence-electron chi connectivity index (χ3n) is 5.10. The van der Waals surface area contributed by atoms with Crippen LogP contribution < -0.4 is 10.5 Å². The van der Waals surface area contributed by atoms with Gasteiger partial charge in [0.15, 0.2) is 4.96 Å². The maximum absolute atomic E-state index is 13.6. The predicted octanol–water partition coefficient (Wildman–Crippen LogP) is 4.67. The van der Waals surface area contributed by atoms with Crippen LogP contribution >= 0.6 is 11.3 Å². The van der Waals surface area contributed by atoms with Gasteiger partial charge < -0.3 is 0 Å². The number of thiazole rings is 1. The molecule has 0 aliphatic rings. The van der Waals surface area contributed by atoms with E-state index in [0.29, 0.717) is 16.5 Å². The summed E-state index contributed by atoms with van der Waals surface area (Å²) in [6.45, 7) is 0.286. The molecule has 0 radical (unpaired) electrons. The lowest BCUT2D eigenvalue weighted by Crippen LogP contribution is -2.36. The molecule has 3 aromatic heterocycles. The molecular formula is C25H18N4O2S. The van der Waals surface area contributed by atoms with E-state index in [1.807, 2.05) is 72.1 Å². The lowest BCUT2D eigenvalue weighted by atomic mass is 10.1. The molecule has 32 heavy (non-hydrogen) atoms. The second-order valence-electron chi connectivity index (χ2n) is 7.15. The molecule has 0 saturated heterocycles. The SMILES string of the molecule is O=C(c1cnc2scc(-c3ccccc3)n2c1=O)N(Cc1ccccc1)c1ccccn1. The lowest BCUT2D eigenvalue weighted by Gasteiger charge is -2.21. The zero-order valence-corrected chi connectivity index (χ0v) is 17.8. The standard InChI is InChI=1S/C25H18N4O2S/c30-23(28(22-13-7-8-14-26-22)16-18-9-3-1-4-10-18)20-15-27-25-29(24(20)31)21(17-32-25)19-11-5-2-6-12-19/h1-15,17H,16H2. The highest BCUT2D eigenvalue weighted by Crippen LogP contribution is 2.24. The number of carbonyl (C=O) groups excluding carboxylic acids is 1. The largest absolute Gasteiger partial charge is 0.288 e. The number of amides is 1. The van der Waals surface area contributed by atoms with Gasteiger partial charge in [-0.3, -0.25) is 18.9 Å². The highest BCUT2D eigenvalue weighted by molar-refractivity contribution is 7.15. The number of aromatic nitrogens is 3. The molecule has 156 valence electrons. The molecule has 0 saturated carbocycles. The van der Waals surface area contributed by atoms with Crippen LogP contribution in [0.3, 0.4) is 0 Å². The molecule has 7 heteroatoms. The van der Waals surface area contributed by atoms with Gasteiger partial charge >= 0.3 is 0 Å². The minimum absolute atomic E-state index is 0.000310. The van der Waals surface area contributed by atoms with Crippen molar-refractivity contribution in [2.24, 2.45) is 0 Å². The topological polar surface area (TPSA) is 67.6 Å². The van der Waals surface area contributed by atoms with Gasteiger partial charge in [-0.15, -0.1) is 11.3 Å². The minimum atomic E-state index is -0.440. The van der Waals surface area contributed by atoms with Gasteiger partial charge in [-0.1, -0.05) is 66.7 Å². The van der Waals surface area contributed by atoms with Gasteiger partial charge in [0.25, 0.3) is 11.5 Å². The van der Waals surface area contributed by atoms with Crippen LogP contribution in [-0.2, 0) is 6.54 Å². The number of benzene rings is 2. The third kappa shape index (κ3) is 3.70. The van der Waals surface area contributed by atoms with Crippen LogP contribution in [0.1, 0.15) is 15.9 Å². The average Bonchev–Trinajstić information content (AvgIpc) is 3.29.